The van der Waals surface area contributed by atoms with E-state index in [1.54, 1.807) is 18.4 Å². The largest absolute Gasteiger partial charge is 0.468 e. The lowest BCUT2D eigenvalue weighted by atomic mass is 10.1. The third-order valence-corrected chi connectivity index (χ3v) is 4.09. The molecule has 1 aromatic heterocycles. The first kappa shape index (κ1) is 17.4. The Morgan fingerprint density at radius 1 is 0.920 bits per heavy atom. The molecule has 3 nitrogen and oxygen atoms in total. The van der Waals surface area contributed by atoms with E-state index in [2.05, 4.69) is 0 Å². The van der Waals surface area contributed by atoms with E-state index < -0.39 is 6.10 Å². The highest BCUT2D eigenvalue weighted by Crippen LogP contribution is 2.15. The summed E-state index contributed by atoms with van der Waals surface area (Å²) in [6, 6.07) is 20.3. The molecule has 1 atom stereocenters. The molecule has 0 aliphatic carbocycles. The van der Waals surface area contributed by atoms with Crippen LogP contribution in [-0.4, -0.2) is 22.7 Å². The quantitative estimate of drug-likeness (QED) is 0.673. The molecule has 0 fully saturated rings. The van der Waals surface area contributed by atoms with E-state index in [1.165, 1.54) is 6.07 Å². The van der Waals surface area contributed by atoms with Crippen molar-refractivity contribution in [2.75, 3.05) is 6.54 Å². The Labute approximate surface area is 147 Å². The minimum absolute atomic E-state index is 0.232. The number of furan rings is 1. The molecule has 3 aromatic rings. The Kier molecular flexibility index (Phi) is 5.99. The highest BCUT2D eigenvalue weighted by molar-refractivity contribution is 5.18. The summed E-state index contributed by atoms with van der Waals surface area (Å²) in [5.74, 6) is 0.563. The monoisotopic (exact) mass is 339 g/mol. The molecule has 1 heterocycles. The van der Waals surface area contributed by atoms with E-state index >= 15 is 0 Å². The fraction of sp³-hybridized carbons (Fsp3) is 0.238. The zero-order chi connectivity index (χ0) is 17.5. The molecule has 3 rings (SSSR count). The van der Waals surface area contributed by atoms with E-state index in [0.29, 0.717) is 31.6 Å². The fourth-order valence-electron chi connectivity index (χ4n) is 2.92. The van der Waals surface area contributed by atoms with Crippen LogP contribution in [0.2, 0.25) is 0 Å². The third-order valence-electron chi connectivity index (χ3n) is 4.09. The molecule has 0 saturated carbocycles. The van der Waals surface area contributed by atoms with Gasteiger partial charge in [0.05, 0.1) is 18.9 Å². The number of nitrogens with zero attached hydrogens (tertiary/aromatic N) is 1. The van der Waals surface area contributed by atoms with Crippen LogP contribution >= 0.6 is 0 Å². The van der Waals surface area contributed by atoms with Crippen LogP contribution in [0.15, 0.2) is 77.4 Å². The molecular formula is C21H22FNO2. The summed E-state index contributed by atoms with van der Waals surface area (Å²) in [6.07, 6.45) is 1.65. The number of aliphatic hydroxyl groups excluding tert-OH is 1. The van der Waals surface area contributed by atoms with Gasteiger partial charge in [0.15, 0.2) is 0 Å². The maximum absolute atomic E-state index is 14.0. The SMILES string of the molecule is O[C@@H](Cc1ccccc1)CN(Cc1ccco1)Cc1ccccc1F. The second-order valence-electron chi connectivity index (χ2n) is 6.18. The van der Waals surface area contributed by atoms with Gasteiger partial charge >= 0.3 is 0 Å². The zero-order valence-corrected chi connectivity index (χ0v) is 14.0. The average molecular weight is 339 g/mol. The van der Waals surface area contributed by atoms with Crippen LogP contribution in [0.3, 0.4) is 0 Å². The number of halogens is 1. The van der Waals surface area contributed by atoms with E-state index in [-0.39, 0.29) is 5.82 Å². The lowest BCUT2D eigenvalue weighted by molar-refractivity contribution is 0.0996. The van der Waals surface area contributed by atoms with Crippen molar-refractivity contribution in [2.45, 2.75) is 25.6 Å². The van der Waals surface area contributed by atoms with E-state index in [9.17, 15) is 9.50 Å². The standard InChI is InChI=1S/C21H22FNO2/c22-21-11-5-4-9-18(21)14-23(16-20-10-6-12-25-20)15-19(24)13-17-7-2-1-3-8-17/h1-12,19,24H,13-16H2/t19-/m0/s1. The molecule has 0 spiro atoms. The number of hydrogen-bond donors (Lipinski definition) is 1. The van der Waals surface area contributed by atoms with E-state index in [4.69, 9.17) is 4.42 Å². The van der Waals surface area contributed by atoms with Crippen molar-refractivity contribution in [3.8, 4) is 0 Å². The predicted molar refractivity (Wildman–Crippen MR) is 95.4 cm³/mol. The summed E-state index contributed by atoms with van der Waals surface area (Å²) in [5, 5.41) is 10.5. The summed E-state index contributed by atoms with van der Waals surface area (Å²) < 4.78 is 19.4. The number of hydrogen-bond acceptors (Lipinski definition) is 3. The van der Waals surface area contributed by atoms with Crippen molar-refractivity contribution in [3.63, 3.8) is 0 Å². The molecule has 0 aliphatic rings. The minimum atomic E-state index is -0.538. The lowest BCUT2D eigenvalue weighted by Gasteiger charge is -2.24. The smallest absolute Gasteiger partial charge is 0.127 e. The first-order chi connectivity index (χ1) is 12.2. The maximum atomic E-state index is 14.0. The molecule has 0 bridgehead atoms. The van der Waals surface area contributed by atoms with Gasteiger partial charge in [0, 0.05) is 18.7 Å². The topological polar surface area (TPSA) is 36.6 Å². The highest BCUT2D eigenvalue weighted by atomic mass is 19.1. The first-order valence-corrected chi connectivity index (χ1v) is 8.41. The Balaban J connectivity index is 1.68. The molecule has 0 aliphatic heterocycles. The van der Waals surface area contributed by atoms with Gasteiger partial charge in [-0.25, -0.2) is 4.39 Å². The van der Waals surface area contributed by atoms with Crippen LogP contribution in [0.1, 0.15) is 16.9 Å². The van der Waals surface area contributed by atoms with Gasteiger partial charge in [-0.3, -0.25) is 4.90 Å². The van der Waals surface area contributed by atoms with E-state index in [0.717, 1.165) is 11.3 Å². The average Bonchev–Trinajstić information content (AvgIpc) is 3.10. The fourth-order valence-corrected chi connectivity index (χ4v) is 2.92. The number of benzene rings is 2. The van der Waals surface area contributed by atoms with Crippen LogP contribution in [0.25, 0.3) is 0 Å². The third kappa shape index (κ3) is 5.28. The van der Waals surface area contributed by atoms with Gasteiger partial charge in [-0.1, -0.05) is 48.5 Å². The maximum Gasteiger partial charge on any atom is 0.127 e. The van der Waals surface area contributed by atoms with Crippen LogP contribution in [-0.2, 0) is 19.5 Å². The van der Waals surface area contributed by atoms with Crippen LogP contribution in [0, 0.1) is 5.82 Å². The zero-order valence-electron chi connectivity index (χ0n) is 14.0. The molecule has 130 valence electrons. The Hall–Kier alpha value is -2.43. The molecule has 1 N–H and O–H groups in total. The lowest BCUT2D eigenvalue weighted by Crippen LogP contribution is -2.33. The molecule has 0 amide bonds. The molecule has 25 heavy (non-hydrogen) atoms. The summed E-state index contributed by atoms with van der Waals surface area (Å²) in [4.78, 5) is 2.00. The predicted octanol–water partition coefficient (Wildman–Crippen LogP) is 4.02. The van der Waals surface area contributed by atoms with Crippen LogP contribution in [0.4, 0.5) is 4.39 Å². The Bertz CT molecular complexity index is 759. The van der Waals surface area contributed by atoms with Gasteiger partial charge in [0.1, 0.15) is 11.6 Å². The van der Waals surface area contributed by atoms with Crippen molar-refractivity contribution in [1.29, 1.82) is 0 Å². The van der Waals surface area contributed by atoms with Crippen molar-refractivity contribution in [2.24, 2.45) is 0 Å². The highest BCUT2D eigenvalue weighted by Gasteiger charge is 2.16. The minimum Gasteiger partial charge on any atom is -0.468 e. The summed E-state index contributed by atoms with van der Waals surface area (Å²) in [6.45, 7) is 1.37. The van der Waals surface area contributed by atoms with Crippen molar-refractivity contribution >= 4 is 0 Å². The number of aliphatic hydroxyl groups is 1. The Morgan fingerprint density at radius 3 is 2.40 bits per heavy atom. The molecule has 0 radical (unpaired) electrons. The molecule has 4 heteroatoms. The van der Waals surface area contributed by atoms with Gasteiger partial charge in [-0.2, -0.15) is 0 Å². The number of rotatable bonds is 8. The summed E-state index contributed by atoms with van der Waals surface area (Å²) >= 11 is 0. The van der Waals surface area contributed by atoms with Gasteiger partial charge in [0.25, 0.3) is 0 Å². The Morgan fingerprint density at radius 2 is 1.68 bits per heavy atom. The van der Waals surface area contributed by atoms with E-state index in [1.807, 2.05) is 53.4 Å². The van der Waals surface area contributed by atoms with Crippen LogP contribution in [0.5, 0.6) is 0 Å². The molecule has 2 aromatic carbocycles. The van der Waals surface area contributed by atoms with Crippen molar-refractivity contribution < 1.29 is 13.9 Å². The summed E-state index contributed by atoms with van der Waals surface area (Å²) in [7, 11) is 0. The van der Waals surface area contributed by atoms with Gasteiger partial charge < -0.3 is 9.52 Å². The molecular weight excluding hydrogens is 317 g/mol. The van der Waals surface area contributed by atoms with Gasteiger partial charge in [0.2, 0.25) is 0 Å². The normalized spacial score (nSPS) is 12.4. The van der Waals surface area contributed by atoms with Crippen molar-refractivity contribution in [1.82, 2.24) is 4.90 Å². The molecule has 0 saturated heterocycles. The summed E-state index contributed by atoms with van der Waals surface area (Å²) in [5.41, 5.74) is 1.69. The van der Waals surface area contributed by atoms with Gasteiger partial charge in [-0.15, -0.1) is 0 Å². The van der Waals surface area contributed by atoms with Crippen molar-refractivity contribution in [3.05, 3.63) is 95.7 Å². The first-order valence-electron chi connectivity index (χ1n) is 8.41. The molecule has 0 unspecified atom stereocenters. The second-order valence-corrected chi connectivity index (χ2v) is 6.18. The second kappa shape index (κ2) is 8.60. The van der Waals surface area contributed by atoms with Crippen LogP contribution < -0.4 is 0 Å². The van der Waals surface area contributed by atoms with Gasteiger partial charge in [-0.05, 0) is 30.2 Å².